The molecule has 0 radical (unpaired) electrons. The van der Waals surface area contributed by atoms with Gasteiger partial charge in [-0.15, -0.1) is 0 Å². The van der Waals surface area contributed by atoms with Crippen LogP contribution in [-0.4, -0.2) is 32.1 Å². The smallest absolute Gasteiger partial charge is 0.240 e. The average Bonchev–Trinajstić information content (AvgIpc) is 3.48. The van der Waals surface area contributed by atoms with Gasteiger partial charge in [-0.3, -0.25) is 9.59 Å². The van der Waals surface area contributed by atoms with Crippen molar-refractivity contribution in [1.82, 2.24) is 5.32 Å². The summed E-state index contributed by atoms with van der Waals surface area (Å²) in [5, 5.41) is 5.61. The van der Waals surface area contributed by atoms with Gasteiger partial charge in [-0.2, -0.15) is 0 Å². The van der Waals surface area contributed by atoms with E-state index in [1.807, 2.05) is 18.2 Å². The Morgan fingerprint density at radius 1 is 0.962 bits per heavy atom. The quantitative estimate of drug-likeness (QED) is 0.564. The van der Waals surface area contributed by atoms with Crippen LogP contribution in [0.25, 0.3) is 0 Å². The maximum atomic E-state index is 12.4. The Balaban J connectivity index is 1.44. The lowest BCUT2D eigenvalue weighted by Crippen LogP contribution is -2.41. The molecule has 0 aromatic heterocycles. The minimum atomic E-state index is -0.948. The van der Waals surface area contributed by atoms with Crippen molar-refractivity contribution in [3.63, 3.8) is 0 Å². The molecule has 1 aliphatic carbocycles. The molecular weight excluding hydrogens is 332 g/mol. The number of methoxy groups -OCH3 is 1. The fourth-order valence-corrected chi connectivity index (χ4v) is 2.63. The zero-order chi connectivity index (χ0) is 18.4. The fourth-order valence-electron chi connectivity index (χ4n) is 2.63. The van der Waals surface area contributed by atoms with Gasteiger partial charge in [0.1, 0.15) is 23.5 Å². The number of benzene rings is 2. The topological polar surface area (TPSA) is 76.7 Å². The molecule has 1 fully saturated rings. The number of amides is 2. The summed E-state index contributed by atoms with van der Waals surface area (Å²) in [6.45, 7) is 0.666. The van der Waals surface area contributed by atoms with Crippen molar-refractivity contribution in [2.45, 2.75) is 12.8 Å². The number of para-hydroxylation sites is 1. The second kappa shape index (κ2) is 7.91. The molecular formula is C20H22N2O4. The van der Waals surface area contributed by atoms with Crippen LogP contribution in [0.3, 0.4) is 0 Å². The number of hydrogen-bond acceptors (Lipinski definition) is 4. The van der Waals surface area contributed by atoms with Crippen LogP contribution in [0.2, 0.25) is 0 Å². The van der Waals surface area contributed by atoms with E-state index in [2.05, 4.69) is 10.6 Å². The summed E-state index contributed by atoms with van der Waals surface area (Å²) in [5.41, 5.74) is -0.255. The highest BCUT2D eigenvalue weighted by Crippen LogP contribution is 2.46. The predicted molar refractivity (Wildman–Crippen MR) is 98.2 cm³/mol. The monoisotopic (exact) mass is 354 g/mol. The summed E-state index contributed by atoms with van der Waals surface area (Å²) in [6, 6.07) is 16.4. The predicted octanol–water partition coefficient (Wildman–Crippen LogP) is 2.61. The molecule has 136 valence electrons. The molecule has 6 nitrogen and oxygen atoms in total. The van der Waals surface area contributed by atoms with E-state index >= 15 is 0 Å². The molecule has 0 saturated heterocycles. The third kappa shape index (κ3) is 4.14. The molecule has 2 aromatic rings. The first-order valence-electron chi connectivity index (χ1n) is 8.56. The van der Waals surface area contributed by atoms with E-state index in [9.17, 15) is 9.59 Å². The normalized spacial score (nSPS) is 14.2. The van der Waals surface area contributed by atoms with E-state index in [-0.39, 0.29) is 11.8 Å². The van der Waals surface area contributed by atoms with Crippen LogP contribution in [0.4, 0.5) is 5.69 Å². The molecule has 1 saturated carbocycles. The number of hydrogen-bond donors (Lipinski definition) is 2. The van der Waals surface area contributed by atoms with E-state index in [4.69, 9.17) is 9.47 Å². The Morgan fingerprint density at radius 3 is 2.23 bits per heavy atom. The third-order valence-corrected chi connectivity index (χ3v) is 4.37. The molecule has 0 unspecified atom stereocenters. The van der Waals surface area contributed by atoms with Crippen LogP contribution in [0.15, 0.2) is 54.6 Å². The van der Waals surface area contributed by atoms with Crippen molar-refractivity contribution in [3.05, 3.63) is 54.6 Å². The maximum absolute atomic E-state index is 12.4. The van der Waals surface area contributed by atoms with E-state index in [0.29, 0.717) is 37.4 Å². The summed E-state index contributed by atoms with van der Waals surface area (Å²) in [6.07, 6.45) is 1.13. The third-order valence-electron chi connectivity index (χ3n) is 4.37. The molecule has 1 aliphatic rings. The van der Waals surface area contributed by atoms with Crippen LogP contribution < -0.4 is 20.1 Å². The highest BCUT2D eigenvalue weighted by Gasteiger charge is 2.56. The molecule has 2 amide bonds. The summed E-state index contributed by atoms with van der Waals surface area (Å²) in [7, 11) is 1.60. The summed E-state index contributed by atoms with van der Waals surface area (Å²) in [4.78, 5) is 24.8. The average molecular weight is 354 g/mol. The van der Waals surface area contributed by atoms with Gasteiger partial charge in [0.05, 0.1) is 13.7 Å². The van der Waals surface area contributed by atoms with E-state index in [1.165, 1.54) is 0 Å². The molecule has 26 heavy (non-hydrogen) atoms. The van der Waals surface area contributed by atoms with Crippen molar-refractivity contribution in [1.29, 1.82) is 0 Å². The van der Waals surface area contributed by atoms with Crippen molar-refractivity contribution < 1.29 is 19.1 Å². The van der Waals surface area contributed by atoms with Gasteiger partial charge in [-0.05, 0) is 49.2 Å². The second-order valence-corrected chi connectivity index (χ2v) is 6.18. The van der Waals surface area contributed by atoms with E-state index in [1.54, 1.807) is 43.5 Å². The SMILES string of the molecule is COc1ccc(OCCNC(=O)C2(C(=O)Nc3ccccc3)CC2)cc1. The molecule has 2 aromatic carbocycles. The Hall–Kier alpha value is -3.02. The van der Waals surface area contributed by atoms with E-state index < -0.39 is 5.41 Å². The number of carbonyl (C=O) groups excluding carboxylic acids is 2. The second-order valence-electron chi connectivity index (χ2n) is 6.18. The fraction of sp³-hybridized carbons (Fsp3) is 0.300. The van der Waals surface area contributed by atoms with Gasteiger partial charge in [0.25, 0.3) is 0 Å². The van der Waals surface area contributed by atoms with Gasteiger partial charge in [0.2, 0.25) is 11.8 Å². The summed E-state index contributed by atoms with van der Waals surface area (Å²) in [5.74, 6) is 0.954. The van der Waals surface area contributed by atoms with Crippen molar-refractivity contribution in [3.8, 4) is 11.5 Å². The number of nitrogens with one attached hydrogen (secondary N) is 2. The zero-order valence-electron chi connectivity index (χ0n) is 14.7. The number of carbonyl (C=O) groups is 2. The molecule has 2 N–H and O–H groups in total. The first-order valence-corrected chi connectivity index (χ1v) is 8.56. The van der Waals surface area contributed by atoms with Gasteiger partial charge in [-0.25, -0.2) is 0 Å². The first kappa shape index (κ1) is 17.8. The van der Waals surface area contributed by atoms with Gasteiger partial charge in [-0.1, -0.05) is 18.2 Å². The van der Waals surface area contributed by atoms with E-state index in [0.717, 1.165) is 5.75 Å². The van der Waals surface area contributed by atoms with Crippen LogP contribution in [0, 0.1) is 5.41 Å². The highest BCUT2D eigenvalue weighted by atomic mass is 16.5. The summed E-state index contributed by atoms with van der Waals surface area (Å²) < 4.78 is 10.7. The van der Waals surface area contributed by atoms with Gasteiger partial charge in [0, 0.05) is 5.69 Å². The minimum Gasteiger partial charge on any atom is -0.497 e. The lowest BCUT2D eigenvalue weighted by Gasteiger charge is -2.15. The molecule has 0 heterocycles. The van der Waals surface area contributed by atoms with Crippen LogP contribution in [0.5, 0.6) is 11.5 Å². The lowest BCUT2D eigenvalue weighted by atomic mass is 10.1. The van der Waals surface area contributed by atoms with Crippen molar-refractivity contribution in [2.75, 3.05) is 25.6 Å². The van der Waals surface area contributed by atoms with Crippen LogP contribution >= 0.6 is 0 Å². The molecule has 6 heteroatoms. The molecule has 0 spiro atoms. The Morgan fingerprint density at radius 2 is 1.62 bits per heavy atom. The summed E-state index contributed by atoms with van der Waals surface area (Å²) >= 11 is 0. The lowest BCUT2D eigenvalue weighted by molar-refractivity contribution is -0.134. The molecule has 0 atom stereocenters. The molecule has 0 bridgehead atoms. The number of anilines is 1. The first-order chi connectivity index (χ1) is 12.6. The molecule has 3 rings (SSSR count). The van der Waals surface area contributed by atoms with Gasteiger partial charge in [0.15, 0.2) is 0 Å². The number of rotatable bonds is 8. The Labute approximate surface area is 152 Å². The Bertz CT molecular complexity index is 755. The van der Waals surface area contributed by atoms with Crippen LogP contribution in [0.1, 0.15) is 12.8 Å². The maximum Gasteiger partial charge on any atom is 0.240 e. The highest BCUT2D eigenvalue weighted by molar-refractivity contribution is 6.13. The van der Waals surface area contributed by atoms with Gasteiger partial charge >= 0.3 is 0 Å². The Kier molecular flexibility index (Phi) is 5.41. The van der Waals surface area contributed by atoms with Crippen molar-refractivity contribution in [2.24, 2.45) is 5.41 Å². The minimum absolute atomic E-state index is 0.246. The standard InChI is InChI=1S/C20H22N2O4/c1-25-16-7-9-17(10-8-16)26-14-13-21-18(23)20(11-12-20)19(24)22-15-5-3-2-4-6-15/h2-10H,11-14H2,1H3,(H,21,23)(H,22,24). The largest absolute Gasteiger partial charge is 0.497 e. The molecule has 0 aliphatic heterocycles. The van der Waals surface area contributed by atoms with Crippen LogP contribution in [-0.2, 0) is 9.59 Å². The zero-order valence-corrected chi connectivity index (χ0v) is 14.7. The van der Waals surface area contributed by atoms with Crippen molar-refractivity contribution >= 4 is 17.5 Å². The van der Waals surface area contributed by atoms with Gasteiger partial charge < -0.3 is 20.1 Å². The number of ether oxygens (including phenoxy) is 2.